The van der Waals surface area contributed by atoms with Crippen molar-refractivity contribution in [2.75, 3.05) is 34.4 Å². The van der Waals surface area contributed by atoms with Gasteiger partial charge >= 0.3 is 6.03 Å². The molecule has 34 heavy (non-hydrogen) atoms. The molecule has 1 fully saturated rings. The maximum atomic E-state index is 12.2. The van der Waals surface area contributed by atoms with Gasteiger partial charge in [0.2, 0.25) is 0 Å². The van der Waals surface area contributed by atoms with Gasteiger partial charge in [-0.2, -0.15) is 5.26 Å². The summed E-state index contributed by atoms with van der Waals surface area (Å²) in [6, 6.07) is 17.5. The van der Waals surface area contributed by atoms with Gasteiger partial charge in [0.05, 0.1) is 30.9 Å². The number of rotatable bonds is 5. The van der Waals surface area contributed by atoms with E-state index < -0.39 is 11.4 Å². The van der Waals surface area contributed by atoms with Gasteiger partial charge in [0.1, 0.15) is 21.9 Å². The first kappa shape index (κ1) is 23.5. The fourth-order valence-electron chi connectivity index (χ4n) is 4.07. The molecule has 0 aliphatic carbocycles. The molecule has 9 heteroatoms. The number of ether oxygens (including phenoxy) is 2. The maximum Gasteiger partial charge on any atom is 0.343 e. The molecule has 2 heterocycles. The SMILES string of the molecule is COc1ccc(-c2nc(C3(C#N)CCN(C(=O)N(C)O)CC3)sc2-c2ccc(OC)cc2)cc1. The summed E-state index contributed by atoms with van der Waals surface area (Å²) in [5.41, 5.74) is 1.91. The summed E-state index contributed by atoms with van der Waals surface area (Å²) < 4.78 is 10.6. The number of aromatic nitrogens is 1. The highest BCUT2D eigenvalue weighted by Crippen LogP contribution is 2.45. The van der Waals surface area contributed by atoms with Crippen molar-refractivity contribution in [2.24, 2.45) is 0 Å². The van der Waals surface area contributed by atoms with Crippen LogP contribution in [-0.4, -0.2) is 60.5 Å². The zero-order valence-corrected chi connectivity index (χ0v) is 20.1. The minimum absolute atomic E-state index is 0.368. The number of nitrogens with zero attached hydrogens (tertiary/aromatic N) is 4. The van der Waals surface area contributed by atoms with Gasteiger partial charge in [0, 0.05) is 25.7 Å². The van der Waals surface area contributed by atoms with Crippen LogP contribution in [0, 0.1) is 11.3 Å². The molecule has 4 rings (SSSR count). The van der Waals surface area contributed by atoms with Crippen molar-refractivity contribution in [2.45, 2.75) is 18.3 Å². The lowest BCUT2D eigenvalue weighted by molar-refractivity contribution is -0.0364. The Morgan fingerprint density at radius 1 is 1.06 bits per heavy atom. The summed E-state index contributed by atoms with van der Waals surface area (Å²) in [5, 5.41) is 21.0. The zero-order valence-electron chi connectivity index (χ0n) is 19.3. The van der Waals surface area contributed by atoms with Crippen LogP contribution in [0.4, 0.5) is 4.79 Å². The third-order valence-corrected chi connectivity index (χ3v) is 7.44. The van der Waals surface area contributed by atoms with Crippen molar-refractivity contribution >= 4 is 17.4 Å². The Morgan fingerprint density at radius 2 is 1.59 bits per heavy atom. The summed E-state index contributed by atoms with van der Waals surface area (Å²) in [6.45, 7) is 0.735. The molecular formula is C25H26N4O4S. The third-order valence-electron chi connectivity index (χ3n) is 6.13. The highest BCUT2D eigenvalue weighted by Gasteiger charge is 2.41. The zero-order chi connectivity index (χ0) is 24.3. The van der Waals surface area contributed by atoms with Crippen LogP contribution < -0.4 is 9.47 Å². The van der Waals surface area contributed by atoms with E-state index in [-0.39, 0.29) is 0 Å². The molecule has 0 spiro atoms. The van der Waals surface area contributed by atoms with Crippen molar-refractivity contribution in [3.8, 4) is 39.3 Å². The molecule has 0 atom stereocenters. The van der Waals surface area contributed by atoms with Gasteiger partial charge in [-0.3, -0.25) is 5.21 Å². The van der Waals surface area contributed by atoms with Gasteiger partial charge in [0.15, 0.2) is 0 Å². The number of benzene rings is 2. The van der Waals surface area contributed by atoms with E-state index in [0.717, 1.165) is 38.2 Å². The molecule has 8 nitrogen and oxygen atoms in total. The normalized spacial score (nSPS) is 14.9. The number of amides is 2. The molecule has 0 radical (unpaired) electrons. The molecule has 2 aromatic carbocycles. The van der Waals surface area contributed by atoms with Gasteiger partial charge in [-0.1, -0.05) is 0 Å². The molecule has 176 valence electrons. The van der Waals surface area contributed by atoms with Gasteiger partial charge in [-0.25, -0.2) is 14.8 Å². The predicted molar refractivity (Wildman–Crippen MR) is 129 cm³/mol. The number of carbonyl (C=O) groups excluding carboxylic acids is 1. The molecule has 0 bridgehead atoms. The topological polar surface area (TPSA) is 98.9 Å². The minimum atomic E-state index is -0.804. The Hall–Kier alpha value is -3.61. The molecule has 1 N–H and O–H groups in total. The van der Waals surface area contributed by atoms with Crippen LogP contribution in [-0.2, 0) is 5.41 Å². The molecule has 2 amide bonds. The van der Waals surface area contributed by atoms with E-state index in [9.17, 15) is 15.3 Å². The average Bonchev–Trinajstić information content (AvgIpc) is 3.34. The fourth-order valence-corrected chi connectivity index (χ4v) is 5.35. The summed E-state index contributed by atoms with van der Waals surface area (Å²) in [5.74, 6) is 1.52. The minimum Gasteiger partial charge on any atom is -0.497 e. The third kappa shape index (κ3) is 4.42. The molecule has 0 saturated carbocycles. The molecule has 1 saturated heterocycles. The summed E-state index contributed by atoms with van der Waals surface area (Å²) in [7, 11) is 4.56. The van der Waals surface area contributed by atoms with E-state index >= 15 is 0 Å². The van der Waals surface area contributed by atoms with E-state index in [1.165, 1.54) is 18.4 Å². The predicted octanol–water partition coefficient (Wildman–Crippen LogP) is 4.79. The quantitative estimate of drug-likeness (QED) is 0.418. The van der Waals surface area contributed by atoms with Crippen LogP contribution in [0.5, 0.6) is 11.5 Å². The molecular weight excluding hydrogens is 452 g/mol. The number of urea groups is 1. The monoisotopic (exact) mass is 478 g/mol. The number of carbonyl (C=O) groups is 1. The summed E-state index contributed by atoms with van der Waals surface area (Å²) in [6.07, 6.45) is 0.890. The Bertz CT molecular complexity index is 1130. The average molecular weight is 479 g/mol. The Kier molecular flexibility index (Phi) is 6.72. The highest BCUT2D eigenvalue weighted by molar-refractivity contribution is 7.16. The van der Waals surface area contributed by atoms with Crippen LogP contribution in [0.3, 0.4) is 0 Å². The number of likely N-dealkylation sites (tertiary alicyclic amines) is 1. The first-order chi connectivity index (χ1) is 16.4. The highest BCUT2D eigenvalue weighted by atomic mass is 32.1. The smallest absolute Gasteiger partial charge is 0.343 e. The van der Waals surface area contributed by atoms with Gasteiger partial charge in [-0.05, 0) is 66.9 Å². The number of hydroxylamine groups is 2. The van der Waals surface area contributed by atoms with Crippen molar-refractivity contribution in [3.05, 3.63) is 53.5 Å². The van der Waals surface area contributed by atoms with Crippen LogP contribution >= 0.6 is 11.3 Å². The van der Waals surface area contributed by atoms with Crippen molar-refractivity contribution in [1.29, 1.82) is 5.26 Å². The lowest BCUT2D eigenvalue weighted by Gasteiger charge is -2.36. The summed E-state index contributed by atoms with van der Waals surface area (Å²) >= 11 is 1.51. The number of methoxy groups -OCH3 is 2. The summed E-state index contributed by atoms with van der Waals surface area (Å²) in [4.78, 5) is 19.7. The van der Waals surface area contributed by atoms with E-state index in [4.69, 9.17) is 14.5 Å². The number of hydrogen-bond acceptors (Lipinski definition) is 7. The van der Waals surface area contributed by atoms with Crippen LogP contribution in [0.25, 0.3) is 21.7 Å². The van der Waals surface area contributed by atoms with E-state index in [0.29, 0.717) is 31.0 Å². The van der Waals surface area contributed by atoms with Gasteiger partial charge in [0.25, 0.3) is 0 Å². The lowest BCUT2D eigenvalue weighted by Crippen LogP contribution is -2.48. The van der Waals surface area contributed by atoms with Crippen LogP contribution in [0.15, 0.2) is 48.5 Å². The largest absolute Gasteiger partial charge is 0.497 e. The van der Waals surface area contributed by atoms with E-state index in [1.54, 1.807) is 19.1 Å². The Balaban J connectivity index is 1.75. The van der Waals surface area contributed by atoms with Crippen molar-refractivity contribution in [1.82, 2.24) is 14.9 Å². The molecule has 0 unspecified atom stereocenters. The van der Waals surface area contributed by atoms with Crippen molar-refractivity contribution < 1.29 is 19.5 Å². The van der Waals surface area contributed by atoms with E-state index in [2.05, 4.69) is 6.07 Å². The molecule has 1 aliphatic heterocycles. The lowest BCUT2D eigenvalue weighted by atomic mass is 9.80. The van der Waals surface area contributed by atoms with Crippen LogP contribution in [0.1, 0.15) is 17.8 Å². The maximum absolute atomic E-state index is 12.2. The fraction of sp³-hybridized carbons (Fsp3) is 0.320. The standard InChI is InChI=1S/C25H26N4O4S/c1-28(31)24(30)29-14-12-25(16-26,13-15-29)23-27-21(17-4-8-19(32-2)9-5-17)22(34-23)18-6-10-20(33-3)11-7-18/h4-11,31H,12-15H2,1-3H3. The second-order valence-electron chi connectivity index (χ2n) is 8.14. The van der Waals surface area contributed by atoms with Gasteiger partial charge < -0.3 is 14.4 Å². The Morgan fingerprint density at radius 3 is 2.06 bits per heavy atom. The second kappa shape index (κ2) is 9.71. The molecule has 3 aromatic rings. The number of nitriles is 1. The van der Waals surface area contributed by atoms with Crippen LogP contribution in [0.2, 0.25) is 0 Å². The Labute approximate surface area is 202 Å². The molecule has 1 aliphatic rings. The first-order valence-electron chi connectivity index (χ1n) is 10.8. The number of thiazole rings is 1. The molecule has 1 aromatic heterocycles. The second-order valence-corrected chi connectivity index (χ2v) is 9.14. The first-order valence-corrected chi connectivity index (χ1v) is 11.7. The number of piperidine rings is 1. The number of hydrogen-bond donors (Lipinski definition) is 1. The van der Waals surface area contributed by atoms with Gasteiger partial charge in [-0.15, -0.1) is 11.3 Å². The van der Waals surface area contributed by atoms with E-state index in [1.807, 2.05) is 48.5 Å². The van der Waals surface area contributed by atoms with Crippen molar-refractivity contribution in [3.63, 3.8) is 0 Å².